The predicted molar refractivity (Wildman–Crippen MR) is 98.0 cm³/mol. The molecule has 0 aromatic heterocycles. The van der Waals surface area contributed by atoms with E-state index in [0.717, 1.165) is 16.8 Å². The van der Waals surface area contributed by atoms with E-state index in [1.165, 1.54) is 0 Å². The van der Waals surface area contributed by atoms with Crippen LogP contribution in [0.15, 0.2) is 42.5 Å². The molecule has 1 fully saturated rings. The van der Waals surface area contributed by atoms with Gasteiger partial charge in [0.05, 0.1) is 18.7 Å². The molecule has 0 bridgehead atoms. The molecule has 1 saturated heterocycles. The minimum absolute atomic E-state index is 0.0161. The first kappa shape index (κ1) is 17.0. The summed E-state index contributed by atoms with van der Waals surface area (Å²) >= 11 is 0. The van der Waals surface area contributed by atoms with Crippen molar-refractivity contribution < 1.29 is 14.3 Å². The fourth-order valence-corrected chi connectivity index (χ4v) is 3.31. The van der Waals surface area contributed by atoms with Crippen LogP contribution in [0.1, 0.15) is 17.5 Å². The number of nitrogens with zero attached hydrogens (tertiary/aromatic N) is 1. The van der Waals surface area contributed by atoms with Gasteiger partial charge in [0.25, 0.3) is 0 Å². The molecule has 0 radical (unpaired) electrons. The summed E-state index contributed by atoms with van der Waals surface area (Å²) in [4.78, 5) is 26.9. The van der Waals surface area contributed by atoms with E-state index in [1.54, 1.807) is 24.1 Å². The van der Waals surface area contributed by atoms with Crippen LogP contribution in [0.4, 0.5) is 11.4 Å². The highest BCUT2D eigenvalue weighted by molar-refractivity contribution is 6.04. The summed E-state index contributed by atoms with van der Waals surface area (Å²) in [5, 5.41) is 2.88. The van der Waals surface area contributed by atoms with Gasteiger partial charge in [0.2, 0.25) is 11.8 Å². The van der Waals surface area contributed by atoms with Gasteiger partial charge in [0.15, 0.2) is 0 Å². The Kier molecular flexibility index (Phi) is 4.74. The third kappa shape index (κ3) is 3.36. The van der Waals surface area contributed by atoms with Gasteiger partial charge >= 0.3 is 0 Å². The molecule has 3 rings (SSSR count). The van der Waals surface area contributed by atoms with Gasteiger partial charge in [-0.2, -0.15) is 0 Å². The minimum atomic E-state index is -0.378. The average molecular weight is 338 g/mol. The SMILES string of the molecule is COc1ccccc1NC(=O)[C@H]1CC(=O)N(c2c(C)cccc2C)C1. The molecule has 0 saturated carbocycles. The maximum absolute atomic E-state index is 12.6. The maximum atomic E-state index is 12.6. The van der Waals surface area contributed by atoms with Gasteiger partial charge in [-0.3, -0.25) is 9.59 Å². The molecule has 5 nitrogen and oxygen atoms in total. The molecular weight excluding hydrogens is 316 g/mol. The highest BCUT2D eigenvalue weighted by Crippen LogP contribution is 2.32. The third-order valence-corrected chi connectivity index (χ3v) is 4.57. The van der Waals surface area contributed by atoms with Gasteiger partial charge < -0.3 is 15.0 Å². The summed E-state index contributed by atoms with van der Waals surface area (Å²) in [6.07, 6.45) is 0.217. The van der Waals surface area contributed by atoms with E-state index >= 15 is 0 Å². The van der Waals surface area contributed by atoms with Crippen LogP contribution in [0.2, 0.25) is 0 Å². The Morgan fingerprint density at radius 2 is 1.80 bits per heavy atom. The number of benzene rings is 2. The second kappa shape index (κ2) is 6.97. The van der Waals surface area contributed by atoms with Crippen molar-refractivity contribution in [3.05, 3.63) is 53.6 Å². The normalized spacial score (nSPS) is 16.8. The molecule has 0 unspecified atom stereocenters. The zero-order chi connectivity index (χ0) is 18.0. The van der Waals surface area contributed by atoms with Crippen molar-refractivity contribution in [2.24, 2.45) is 5.92 Å². The van der Waals surface area contributed by atoms with Crippen LogP contribution in [0.3, 0.4) is 0 Å². The smallest absolute Gasteiger partial charge is 0.229 e. The van der Waals surface area contributed by atoms with Crippen LogP contribution in [-0.4, -0.2) is 25.5 Å². The Labute approximate surface area is 147 Å². The monoisotopic (exact) mass is 338 g/mol. The van der Waals surface area contributed by atoms with Crippen molar-refractivity contribution in [3.8, 4) is 5.75 Å². The minimum Gasteiger partial charge on any atom is -0.495 e. The zero-order valence-electron chi connectivity index (χ0n) is 14.7. The number of carbonyl (C=O) groups is 2. The van der Waals surface area contributed by atoms with Gasteiger partial charge in [-0.05, 0) is 37.1 Å². The molecule has 25 heavy (non-hydrogen) atoms. The lowest BCUT2D eigenvalue weighted by Gasteiger charge is -2.21. The molecule has 5 heteroatoms. The largest absolute Gasteiger partial charge is 0.495 e. The topological polar surface area (TPSA) is 58.6 Å². The number of nitrogens with one attached hydrogen (secondary N) is 1. The summed E-state index contributed by atoms with van der Waals surface area (Å²) in [6.45, 7) is 4.36. The Hall–Kier alpha value is -2.82. The molecule has 130 valence electrons. The van der Waals surface area contributed by atoms with Gasteiger partial charge in [0, 0.05) is 18.7 Å². The standard InChI is InChI=1S/C20H22N2O3/c1-13-7-6-8-14(2)19(13)22-12-15(11-18(22)23)20(24)21-16-9-4-5-10-17(16)25-3/h4-10,15H,11-12H2,1-3H3,(H,21,24)/t15-/m0/s1. The molecule has 1 atom stereocenters. The number of anilines is 2. The molecule has 1 heterocycles. The van der Waals surface area contributed by atoms with E-state index < -0.39 is 0 Å². The molecule has 2 aromatic rings. The van der Waals surface area contributed by atoms with Crippen molar-refractivity contribution in [3.63, 3.8) is 0 Å². The van der Waals surface area contributed by atoms with Gasteiger partial charge in [0.1, 0.15) is 5.75 Å². The lowest BCUT2D eigenvalue weighted by atomic mass is 10.1. The average Bonchev–Trinajstić information content (AvgIpc) is 2.97. The second-order valence-electron chi connectivity index (χ2n) is 6.34. The summed E-state index contributed by atoms with van der Waals surface area (Å²) in [7, 11) is 1.56. The Bertz CT molecular complexity index is 796. The van der Waals surface area contributed by atoms with Crippen LogP contribution < -0.4 is 15.0 Å². The summed E-state index contributed by atoms with van der Waals surface area (Å²) in [5.74, 6) is 0.0485. The fourth-order valence-electron chi connectivity index (χ4n) is 3.31. The van der Waals surface area contributed by atoms with Crippen molar-refractivity contribution in [1.29, 1.82) is 0 Å². The number of rotatable bonds is 4. The van der Waals surface area contributed by atoms with Gasteiger partial charge in [-0.1, -0.05) is 30.3 Å². The highest BCUT2D eigenvalue weighted by atomic mass is 16.5. The number of carbonyl (C=O) groups excluding carboxylic acids is 2. The number of ether oxygens (including phenoxy) is 1. The summed E-state index contributed by atoms with van der Waals surface area (Å²) in [6, 6.07) is 13.2. The Morgan fingerprint density at radius 3 is 2.48 bits per heavy atom. The van der Waals surface area contributed by atoms with Crippen LogP contribution in [0, 0.1) is 19.8 Å². The molecule has 0 spiro atoms. The first-order chi connectivity index (χ1) is 12.0. The molecular formula is C20H22N2O3. The summed E-state index contributed by atoms with van der Waals surface area (Å²) in [5.41, 5.74) is 3.62. The van der Waals surface area contributed by atoms with E-state index in [1.807, 2.05) is 44.2 Å². The number of hydrogen-bond acceptors (Lipinski definition) is 3. The third-order valence-electron chi connectivity index (χ3n) is 4.57. The molecule has 1 aliphatic heterocycles. The lowest BCUT2D eigenvalue weighted by molar-refractivity contribution is -0.122. The fraction of sp³-hybridized carbons (Fsp3) is 0.300. The van der Waals surface area contributed by atoms with Crippen molar-refractivity contribution in [2.45, 2.75) is 20.3 Å². The number of aryl methyl sites for hydroxylation is 2. The maximum Gasteiger partial charge on any atom is 0.229 e. The van der Waals surface area contributed by atoms with Crippen LogP contribution in [-0.2, 0) is 9.59 Å². The van der Waals surface area contributed by atoms with E-state index in [2.05, 4.69) is 5.32 Å². The second-order valence-corrected chi connectivity index (χ2v) is 6.34. The van der Waals surface area contributed by atoms with E-state index in [9.17, 15) is 9.59 Å². The molecule has 0 aliphatic carbocycles. The van der Waals surface area contributed by atoms with E-state index in [-0.39, 0.29) is 24.2 Å². The van der Waals surface area contributed by atoms with Crippen LogP contribution in [0.5, 0.6) is 5.75 Å². The first-order valence-electron chi connectivity index (χ1n) is 8.31. The first-order valence-corrected chi connectivity index (χ1v) is 8.31. The highest BCUT2D eigenvalue weighted by Gasteiger charge is 2.36. The van der Waals surface area contributed by atoms with Gasteiger partial charge in [-0.25, -0.2) is 0 Å². The zero-order valence-corrected chi connectivity index (χ0v) is 14.7. The number of para-hydroxylation sites is 3. The summed E-state index contributed by atoms with van der Waals surface area (Å²) < 4.78 is 5.26. The van der Waals surface area contributed by atoms with Gasteiger partial charge in [-0.15, -0.1) is 0 Å². The van der Waals surface area contributed by atoms with Crippen molar-refractivity contribution >= 4 is 23.2 Å². The molecule has 1 aliphatic rings. The predicted octanol–water partition coefficient (Wildman–Crippen LogP) is 3.30. The molecule has 1 N–H and O–H groups in total. The quantitative estimate of drug-likeness (QED) is 0.930. The number of hydrogen-bond donors (Lipinski definition) is 1. The number of methoxy groups -OCH3 is 1. The van der Waals surface area contributed by atoms with Crippen LogP contribution >= 0.6 is 0 Å². The van der Waals surface area contributed by atoms with Crippen molar-refractivity contribution in [1.82, 2.24) is 0 Å². The molecule has 2 amide bonds. The van der Waals surface area contributed by atoms with Crippen molar-refractivity contribution in [2.75, 3.05) is 23.9 Å². The van der Waals surface area contributed by atoms with E-state index in [0.29, 0.717) is 18.0 Å². The lowest BCUT2D eigenvalue weighted by Crippen LogP contribution is -2.29. The Morgan fingerprint density at radius 1 is 1.12 bits per heavy atom. The van der Waals surface area contributed by atoms with Crippen LogP contribution in [0.25, 0.3) is 0 Å². The number of amides is 2. The van der Waals surface area contributed by atoms with E-state index in [4.69, 9.17) is 4.74 Å². The molecule has 2 aromatic carbocycles. The Balaban J connectivity index is 1.77.